The summed E-state index contributed by atoms with van der Waals surface area (Å²) in [4.78, 5) is 33.3. The molecule has 0 spiro atoms. The SMILES string of the molecule is CC(=O)C(=O)C1CCC(O)C(O)(C(C)=O)O1. The van der Waals surface area contributed by atoms with Crippen molar-refractivity contribution in [3.63, 3.8) is 0 Å². The molecule has 2 N–H and O–H groups in total. The molecule has 0 aromatic heterocycles. The Hall–Kier alpha value is -1.11. The van der Waals surface area contributed by atoms with Crippen LogP contribution in [0.1, 0.15) is 26.7 Å². The number of Topliss-reactive ketones (excluding diaryl/α,β-unsaturated/α-hetero) is 3. The number of carbonyl (C=O) groups excluding carboxylic acids is 3. The van der Waals surface area contributed by atoms with Crippen LogP contribution in [0.25, 0.3) is 0 Å². The van der Waals surface area contributed by atoms with E-state index < -0.39 is 35.3 Å². The van der Waals surface area contributed by atoms with Gasteiger partial charge in [0.15, 0.2) is 11.6 Å². The van der Waals surface area contributed by atoms with Crippen LogP contribution in [0.2, 0.25) is 0 Å². The molecule has 3 unspecified atom stereocenters. The third-order valence-electron chi connectivity index (χ3n) is 2.62. The van der Waals surface area contributed by atoms with Gasteiger partial charge in [-0.15, -0.1) is 0 Å². The molecule has 3 atom stereocenters. The van der Waals surface area contributed by atoms with Gasteiger partial charge >= 0.3 is 0 Å². The Morgan fingerprint density at radius 1 is 1.25 bits per heavy atom. The van der Waals surface area contributed by atoms with Crippen molar-refractivity contribution in [2.75, 3.05) is 0 Å². The zero-order valence-corrected chi connectivity index (χ0v) is 9.10. The van der Waals surface area contributed by atoms with Gasteiger partial charge < -0.3 is 14.9 Å². The predicted molar refractivity (Wildman–Crippen MR) is 51.4 cm³/mol. The van der Waals surface area contributed by atoms with Crippen molar-refractivity contribution in [1.29, 1.82) is 0 Å². The topological polar surface area (TPSA) is 101 Å². The number of rotatable bonds is 3. The maximum absolute atomic E-state index is 11.3. The first-order chi connectivity index (χ1) is 7.29. The molecule has 1 fully saturated rings. The number of aliphatic hydroxyl groups excluding tert-OH is 1. The molecule has 1 aliphatic rings. The van der Waals surface area contributed by atoms with Crippen molar-refractivity contribution in [2.45, 2.75) is 44.7 Å². The van der Waals surface area contributed by atoms with E-state index in [4.69, 9.17) is 4.74 Å². The molecule has 0 bridgehead atoms. The second kappa shape index (κ2) is 4.40. The lowest BCUT2D eigenvalue weighted by molar-refractivity contribution is -0.274. The molecule has 6 nitrogen and oxygen atoms in total. The molecule has 1 heterocycles. The van der Waals surface area contributed by atoms with Crippen molar-refractivity contribution < 1.29 is 29.3 Å². The third-order valence-corrected chi connectivity index (χ3v) is 2.62. The summed E-state index contributed by atoms with van der Waals surface area (Å²) in [5.74, 6) is -4.67. The molecule has 0 aromatic rings. The van der Waals surface area contributed by atoms with Crippen molar-refractivity contribution in [3.05, 3.63) is 0 Å². The highest BCUT2D eigenvalue weighted by atomic mass is 16.7. The van der Waals surface area contributed by atoms with Crippen LogP contribution in [0.3, 0.4) is 0 Å². The maximum Gasteiger partial charge on any atom is 0.253 e. The lowest BCUT2D eigenvalue weighted by Gasteiger charge is -2.37. The van der Waals surface area contributed by atoms with Gasteiger partial charge in [-0.1, -0.05) is 0 Å². The van der Waals surface area contributed by atoms with Crippen molar-refractivity contribution in [1.82, 2.24) is 0 Å². The number of hydrogen-bond donors (Lipinski definition) is 2. The van der Waals surface area contributed by atoms with Gasteiger partial charge in [-0.2, -0.15) is 0 Å². The van der Waals surface area contributed by atoms with E-state index in [0.29, 0.717) is 0 Å². The minimum Gasteiger partial charge on any atom is -0.387 e. The summed E-state index contributed by atoms with van der Waals surface area (Å²) in [5, 5.41) is 19.2. The molecule has 16 heavy (non-hydrogen) atoms. The van der Waals surface area contributed by atoms with E-state index in [1.165, 1.54) is 0 Å². The van der Waals surface area contributed by atoms with E-state index in [2.05, 4.69) is 0 Å². The van der Waals surface area contributed by atoms with E-state index in [1.807, 2.05) is 0 Å². The Labute approximate surface area is 92.2 Å². The van der Waals surface area contributed by atoms with Crippen molar-refractivity contribution in [2.24, 2.45) is 0 Å². The fraction of sp³-hybridized carbons (Fsp3) is 0.700. The monoisotopic (exact) mass is 230 g/mol. The molecule has 0 saturated carbocycles. The average Bonchev–Trinajstić information content (AvgIpc) is 2.20. The molecule has 0 aliphatic carbocycles. The molecule has 1 saturated heterocycles. The molecule has 1 aliphatic heterocycles. The number of ether oxygens (including phenoxy) is 1. The summed E-state index contributed by atoms with van der Waals surface area (Å²) in [5.41, 5.74) is 0. The summed E-state index contributed by atoms with van der Waals surface area (Å²) < 4.78 is 4.86. The van der Waals surface area contributed by atoms with Crippen LogP contribution < -0.4 is 0 Å². The van der Waals surface area contributed by atoms with E-state index in [1.54, 1.807) is 0 Å². The number of ketones is 3. The van der Waals surface area contributed by atoms with E-state index in [9.17, 15) is 24.6 Å². The van der Waals surface area contributed by atoms with Crippen molar-refractivity contribution >= 4 is 17.3 Å². The molecule has 90 valence electrons. The quantitative estimate of drug-likeness (QED) is 0.601. The summed E-state index contributed by atoms with van der Waals surface area (Å²) >= 11 is 0. The predicted octanol–water partition coefficient (Wildman–Crippen LogP) is -1.04. The van der Waals surface area contributed by atoms with Gasteiger partial charge in [0, 0.05) is 13.8 Å². The van der Waals surface area contributed by atoms with Crippen LogP contribution in [0, 0.1) is 0 Å². The van der Waals surface area contributed by atoms with Gasteiger partial charge in [-0.05, 0) is 12.8 Å². The highest BCUT2D eigenvalue weighted by Crippen LogP contribution is 2.28. The van der Waals surface area contributed by atoms with Crippen molar-refractivity contribution in [3.8, 4) is 0 Å². The summed E-state index contributed by atoms with van der Waals surface area (Å²) in [6.07, 6.45) is -2.40. The van der Waals surface area contributed by atoms with E-state index in [0.717, 1.165) is 13.8 Å². The van der Waals surface area contributed by atoms with Gasteiger partial charge in [0.1, 0.15) is 12.2 Å². The molecule has 0 amide bonds. The lowest BCUT2D eigenvalue weighted by atomic mass is 9.93. The van der Waals surface area contributed by atoms with Gasteiger partial charge in [-0.25, -0.2) is 0 Å². The Bertz CT molecular complexity index is 336. The Balaban J connectivity index is 2.87. The average molecular weight is 230 g/mol. The number of carbonyl (C=O) groups is 3. The number of aliphatic hydroxyl groups is 2. The highest BCUT2D eigenvalue weighted by molar-refractivity contribution is 6.38. The minimum absolute atomic E-state index is 0.0275. The maximum atomic E-state index is 11.3. The molecule has 0 aromatic carbocycles. The number of hydrogen-bond acceptors (Lipinski definition) is 6. The largest absolute Gasteiger partial charge is 0.387 e. The molecular formula is C10H14O6. The lowest BCUT2D eigenvalue weighted by Crippen LogP contribution is -2.57. The Morgan fingerprint density at radius 3 is 2.25 bits per heavy atom. The van der Waals surface area contributed by atoms with Gasteiger partial charge in [-0.3, -0.25) is 14.4 Å². The molecule has 1 rings (SSSR count). The second-order valence-electron chi connectivity index (χ2n) is 3.87. The normalized spacial score (nSPS) is 34.5. The van der Waals surface area contributed by atoms with Gasteiger partial charge in [0.05, 0.1) is 0 Å². The first kappa shape index (κ1) is 13.0. The van der Waals surface area contributed by atoms with Crippen LogP contribution in [0.5, 0.6) is 0 Å². The van der Waals surface area contributed by atoms with Crippen LogP contribution in [0.4, 0.5) is 0 Å². The summed E-state index contributed by atoms with van der Waals surface area (Å²) in [6.45, 7) is 2.13. The fourth-order valence-electron chi connectivity index (χ4n) is 1.59. The molecular weight excluding hydrogens is 216 g/mol. The van der Waals surface area contributed by atoms with Crippen LogP contribution in [-0.2, 0) is 19.1 Å². The minimum atomic E-state index is -2.38. The smallest absolute Gasteiger partial charge is 0.253 e. The van der Waals surface area contributed by atoms with E-state index >= 15 is 0 Å². The van der Waals surface area contributed by atoms with Gasteiger partial charge in [0.25, 0.3) is 5.79 Å². The fourth-order valence-corrected chi connectivity index (χ4v) is 1.59. The summed E-state index contributed by atoms with van der Waals surface area (Å²) in [6, 6.07) is 0. The first-order valence-electron chi connectivity index (χ1n) is 4.93. The Kier molecular flexibility index (Phi) is 3.57. The first-order valence-corrected chi connectivity index (χ1v) is 4.93. The highest BCUT2D eigenvalue weighted by Gasteiger charge is 2.49. The summed E-state index contributed by atoms with van der Waals surface area (Å²) in [7, 11) is 0. The van der Waals surface area contributed by atoms with Crippen LogP contribution >= 0.6 is 0 Å². The second-order valence-corrected chi connectivity index (χ2v) is 3.87. The zero-order valence-electron chi connectivity index (χ0n) is 9.10. The third kappa shape index (κ3) is 2.18. The molecule has 6 heteroatoms. The standard InChI is InChI=1S/C10H14O6/c1-5(11)9(14)7-3-4-8(13)10(15,16-7)6(2)12/h7-8,13,15H,3-4H2,1-2H3. The van der Waals surface area contributed by atoms with Crippen LogP contribution in [0.15, 0.2) is 0 Å². The van der Waals surface area contributed by atoms with Crippen LogP contribution in [-0.4, -0.2) is 45.6 Å². The van der Waals surface area contributed by atoms with E-state index in [-0.39, 0.29) is 12.8 Å². The molecule has 0 radical (unpaired) electrons. The van der Waals surface area contributed by atoms with Gasteiger partial charge in [0.2, 0.25) is 5.78 Å². The Morgan fingerprint density at radius 2 is 1.81 bits per heavy atom. The zero-order chi connectivity index (χ0) is 12.5.